The van der Waals surface area contributed by atoms with Crippen LogP contribution in [0.3, 0.4) is 0 Å². The smallest absolute Gasteiger partial charge is 0.170 e. The summed E-state index contributed by atoms with van der Waals surface area (Å²) in [5.74, 6) is 1.40. The SMILES string of the molecule is COc1ccc2c(c1)O[C@H](/C(C)=C/c1ccccc1)CC2=O. The number of Topliss-reactive ketones (excluding diaryl/α,β-unsaturated/α-hetero) is 1. The third kappa shape index (κ3) is 2.89. The van der Waals surface area contributed by atoms with Crippen LogP contribution in [0.4, 0.5) is 0 Å². The minimum atomic E-state index is -0.229. The average molecular weight is 294 g/mol. The largest absolute Gasteiger partial charge is 0.497 e. The first-order valence-electron chi connectivity index (χ1n) is 7.28. The molecule has 0 N–H and O–H groups in total. The molecule has 0 aliphatic carbocycles. The Labute approximate surface area is 130 Å². The molecule has 3 nitrogen and oxygen atoms in total. The number of rotatable bonds is 3. The Morgan fingerprint density at radius 1 is 1.23 bits per heavy atom. The van der Waals surface area contributed by atoms with E-state index < -0.39 is 0 Å². The highest BCUT2D eigenvalue weighted by molar-refractivity contribution is 6.00. The number of ether oxygens (including phenoxy) is 2. The monoisotopic (exact) mass is 294 g/mol. The van der Waals surface area contributed by atoms with Gasteiger partial charge in [-0.15, -0.1) is 0 Å². The number of carbonyl (C=O) groups is 1. The number of hydrogen-bond acceptors (Lipinski definition) is 3. The number of hydrogen-bond donors (Lipinski definition) is 0. The second-order valence-electron chi connectivity index (χ2n) is 5.39. The van der Waals surface area contributed by atoms with Crippen LogP contribution in [0.15, 0.2) is 54.1 Å². The van der Waals surface area contributed by atoms with Gasteiger partial charge >= 0.3 is 0 Å². The topological polar surface area (TPSA) is 35.5 Å². The fourth-order valence-electron chi connectivity index (χ4n) is 2.59. The molecule has 0 saturated carbocycles. The van der Waals surface area contributed by atoms with E-state index in [0.717, 1.165) is 11.1 Å². The van der Waals surface area contributed by atoms with E-state index in [4.69, 9.17) is 9.47 Å². The van der Waals surface area contributed by atoms with E-state index in [1.165, 1.54) is 0 Å². The molecule has 0 unspecified atom stereocenters. The van der Waals surface area contributed by atoms with Crippen molar-refractivity contribution in [3.63, 3.8) is 0 Å². The molecule has 2 aromatic rings. The third-order valence-corrected chi connectivity index (χ3v) is 3.83. The zero-order valence-corrected chi connectivity index (χ0v) is 12.7. The molecule has 2 aromatic carbocycles. The van der Waals surface area contributed by atoms with Gasteiger partial charge in [-0.25, -0.2) is 0 Å². The number of ketones is 1. The molecule has 3 heteroatoms. The Kier molecular flexibility index (Phi) is 3.96. The molecule has 0 radical (unpaired) electrons. The molecule has 1 atom stereocenters. The van der Waals surface area contributed by atoms with Gasteiger partial charge in [0.05, 0.1) is 19.1 Å². The van der Waals surface area contributed by atoms with E-state index in [2.05, 4.69) is 6.08 Å². The lowest BCUT2D eigenvalue weighted by molar-refractivity contribution is 0.0885. The van der Waals surface area contributed by atoms with E-state index in [0.29, 0.717) is 23.5 Å². The standard InChI is InChI=1S/C19H18O3/c1-13(10-14-6-4-3-5-7-14)18-12-17(20)16-9-8-15(21-2)11-19(16)22-18/h3-11,18H,12H2,1-2H3/b13-10+/t18-/m0/s1. The zero-order chi connectivity index (χ0) is 15.5. The number of carbonyl (C=O) groups excluding carboxylic acids is 1. The van der Waals surface area contributed by atoms with Crippen LogP contribution in [0, 0.1) is 0 Å². The van der Waals surface area contributed by atoms with Crippen LogP contribution in [0.5, 0.6) is 11.5 Å². The molecule has 0 amide bonds. The first kappa shape index (κ1) is 14.4. The first-order chi connectivity index (χ1) is 10.7. The van der Waals surface area contributed by atoms with Gasteiger partial charge in [0, 0.05) is 6.07 Å². The van der Waals surface area contributed by atoms with E-state index in [-0.39, 0.29) is 11.9 Å². The third-order valence-electron chi connectivity index (χ3n) is 3.83. The number of benzene rings is 2. The van der Waals surface area contributed by atoms with Crippen LogP contribution in [0.1, 0.15) is 29.3 Å². The molecule has 0 saturated heterocycles. The van der Waals surface area contributed by atoms with Gasteiger partial charge in [0.15, 0.2) is 5.78 Å². The fraction of sp³-hybridized carbons (Fsp3) is 0.211. The van der Waals surface area contributed by atoms with Gasteiger partial charge in [-0.05, 0) is 30.2 Å². The maximum absolute atomic E-state index is 12.3. The summed E-state index contributed by atoms with van der Waals surface area (Å²) in [6.07, 6.45) is 2.20. The van der Waals surface area contributed by atoms with Crippen molar-refractivity contribution in [3.05, 3.63) is 65.2 Å². The van der Waals surface area contributed by atoms with Crippen LogP contribution in [-0.2, 0) is 0 Å². The summed E-state index contributed by atoms with van der Waals surface area (Å²) in [7, 11) is 1.60. The van der Waals surface area contributed by atoms with E-state index in [1.807, 2.05) is 37.3 Å². The predicted octanol–water partition coefficient (Wildman–Crippen LogP) is 4.13. The lowest BCUT2D eigenvalue weighted by Crippen LogP contribution is -2.27. The summed E-state index contributed by atoms with van der Waals surface area (Å²) in [4.78, 5) is 12.3. The molecule has 0 spiro atoms. The lowest BCUT2D eigenvalue weighted by atomic mass is 9.96. The van der Waals surface area contributed by atoms with Crippen LogP contribution >= 0.6 is 0 Å². The van der Waals surface area contributed by atoms with Gasteiger partial charge in [0.2, 0.25) is 0 Å². The molecule has 1 aliphatic heterocycles. The average Bonchev–Trinajstić information content (AvgIpc) is 2.55. The lowest BCUT2D eigenvalue weighted by Gasteiger charge is -2.26. The molecule has 22 heavy (non-hydrogen) atoms. The Hall–Kier alpha value is -2.55. The maximum Gasteiger partial charge on any atom is 0.170 e. The summed E-state index contributed by atoms with van der Waals surface area (Å²) < 4.78 is 11.2. The molecule has 0 aromatic heterocycles. The minimum absolute atomic E-state index is 0.106. The normalized spacial score (nSPS) is 17.6. The zero-order valence-electron chi connectivity index (χ0n) is 12.7. The van der Waals surface area contributed by atoms with Crippen LogP contribution in [0.25, 0.3) is 6.08 Å². The number of methoxy groups -OCH3 is 1. The Morgan fingerprint density at radius 3 is 2.73 bits per heavy atom. The highest BCUT2D eigenvalue weighted by Gasteiger charge is 2.27. The molecule has 112 valence electrons. The highest BCUT2D eigenvalue weighted by atomic mass is 16.5. The minimum Gasteiger partial charge on any atom is -0.497 e. The van der Waals surface area contributed by atoms with Crippen molar-refractivity contribution in [3.8, 4) is 11.5 Å². The van der Waals surface area contributed by atoms with Gasteiger partial charge in [-0.3, -0.25) is 4.79 Å². The van der Waals surface area contributed by atoms with Crippen molar-refractivity contribution in [2.75, 3.05) is 7.11 Å². The summed E-state index contributed by atoms with van der Waals surface area (Å²) in [6, 6.07) is 15.4. The number of fused-ring (bicyclic) bond motifs is 1. The van der Waals surface area contributed by atoms with Gasteiger partial charge in [0.1, 0.15) is 17.6 Å². The van der Waals surface area contributed by atoms with E-state index in [1.54, 1.807) is 25.3 Å². The molecule has 1 heterocycles. The van der Waals surface area contributed by atoms with Crippen LogP contribution in [-0.4, -0.2) is 19.0 Å². The van der Waals surface area contributed by atoms with Gasteiger partial charge < -0.3 is 9.47 Å². The van der Waals surface area contributed by atoms with Crippen molar-refractivity contribution in [2.24, 2.45) is 0 Å². The molecule has 0 fully saturated rings. The summed E-state index contributed by atoms with van der Waals surface area (Å²) in [5.41, 5.74) is 2.77. The quantitative estimate of drug-likeness (QED) is 0.853. The van der Waals surface area contributed by atoms with Crippen molar-refractivity contribution in [1.82, 2.24) is 0 Å². The van der Waals surface area contributed by atoms with Gasteiger partial charge in [0.25, 0.3) is 0 Å². The molecular weight excluding hydrogens is 276 g/mol. The van der Waals surface area contributed by atoms with Crippen molar-refractivity contribution in [1.29, 1.82) is 0 Å². The predicted molar refractivity (Wildman–Crippen MR) is 86.5 cm³/mol. The van der Waals surface area contributed by atoms with E-state index >= 15 is 0 Å². The van der Waals surface area contributed by atoms with E-state index in [9.17, 15) is 4.79 Å². The highest BCUT2D eigenvalue weighted by Crippen LogP contribution is 2.33. The van der Waals surface area contributed by atoms with Crippen LogP contribution < -0.4 is 9.47 Å². The van der Waals surface area contributed by atoms with Gasteiger partial charge in [-0.2, -0.15) is 0 Å². The van der Waals surface area contributed by atoms with Crippen molar-refractivity contribution >= 4 is 11.9 Å². The summed E-state index contributed by atoms with van der Waals surface area (Å²) >= 11 is 0. The summed E-state index contributed by atoms with van der Waals surface area (Å²) in [5, 5.41) is 0. The molecule has 0 bridgehead atoms. The molecule has 3 rings (SSSR count). The Bertz CT molecular complexity index is 717. The Balaban J connectivity index is 1.88. The van der Waals surface area contributed by atoms with Crippen molar-refractivity contribution in [2.45, 2.75) is 19.4 Å². The maximum atomic E-state index is 12.3. The second-order valence-corrected chi connectivity index (χ2v) is 5.39. The fourth-order valence-corrected chi connectivity index (χ4v) is 2.59. The van der Waals surface area contributed by atoms with Crippen LogP contribution in [0.2, 0.25) is 0 Å². The van der Waals surface area contributed by atoms with Gasteiger partial charge in [-0.1, -0.05) is 36.4 Å². The summed E-state index contributed by atoms with van der Waals surface area (Å²) in [6.45, 7) is 2.00. The first-order valence-corrected chi connectivity index (χ1v) is 7.28. The Morgan fingerprint density at radius 2 is 2.00 bits per heavy atom. The second kappa shape index (κ2) is 6.06. The van der Waals surface area contributed by atoms with Crippen molar-refractivity contribution < 1.29 is 14.3 Å². The molecular formula is C19H18O3. The molecule has 1 aliphatic rings.